The van der Waals surface area contributed by atoms with Crippen molar-refractivity contribution >= 4 is 28.3 Å². The second-order valence-corrected chi connectivity index (χ2v) is 9.40. The van der Waals surface area contributed by atoms with Gasteiger partial charge in [-0.1, -0.05) is 12.1 Å². The first-order valence-corrected chi connectivity index (χ1v) is 12.2. The highest BCUT2D eigenvalue weighted by Crippen LogP contribution is 2.23. The van der Waals surface area contributed by atoms with Crippen LogP contribution in [0.4, 0.5) is 5.69 Å². The van der Waals surface area contributed by atoms with Gasteiger partial charge in [0.25, 0.3) is 11.5 Å². The minimum absolute atomic E-state index is 0.130. The van der Waals surface area contributed by atoms with E-state index in [9.17, 15) is 9.59 Å². The number of anilines is 1. The summed E-state index contributed by atoms with van der Waals surface area (Å²) in [6.07, 6.45) is 3.52. The Bertz CT molecular complexity index is 1650. The molecule has 5 heterocycles. The first-order chi connectivity index (χ1) is 17.5. The predicted octanol–water partition coefficient (Wildman–Crippen LogP) is 3.95. The monoisotopic (exact) mass is 481 g/mol. The fraction of sp³-hybridized carbons (Fsp3) is 0.250. The molecule has 0 saturated carbocycles. The summed E-state index contributed by atoms with van der Waals surface area (Å²) in [4.78, 5) is 35.1. The quantitative estimate of drug-likeness (QED) is 0.389. The Morgan fingerprint density at radius 2 is 1.92 bits per heavy atom. The lowest BCUT2D eigenvalue weighted by Crippen LogP contribution is -2.53. The highest BCUT2D eigenvalue weighted by Gasteiger charge is 2.29. The summed E-state index contributed by atoms with van der Waals surface area (Å²) in [5.41, 5.74) is 4.22. The zero-order chi connectivity index (χ0) is 24.8. The van der Waals surface area contributed by atoms with E-state index in [1.165, 1.54) is 11.3 Å². The first-order valence-electron chi connectivity index (χ1n) is 12.2. The molecular formula is C28H27N5O3. The molecule has 0 bridgehead atoms. The van der Waals surface area contributed by atoms with E-state index in [-0.39, 0.29) is 29.8 Å². The zero-order valence-corrected chi connectivity index (χ0v) is 20.3. The molecule has 6 rings (SSSR count). The van der Waals surface area contributed by atoms with Gasteiger partial charge < -0.3 is 18.6 Å². The summed E-state index contributed by atoms with van der Waals surface area (Å²) in [7, 11) is 0. The largest absolute Gasteiger partial charge is 0.454 e. The molecule has 0 N–H and O–H groups in total. The summed E-state index contributed by atoms with van der Waals surface area (Å²) in [5.74, 6) is 0.694. The molecule has 0 radical (unpaired) electrons. The highest BCUT2D eigenvalue weighted by atomic mass is 16.4. The Balaban J connectivity index is 1.22. The molecule has 1 amide bonds. The summed E-state index contributed by atoms with van der Waals surface area (Å²) >= 11 is 0. The number of fused-ring (bicyclic) bond motifs is 3. The zero-order valence-electron chi connectivity index (χ0n) is 20.3. The third-order valence-corrected chi connectivity index (χ3v) is 6.93. The van der Waals surface area contributed by atoms with Crippen molar-refractivity contribution in [1.29, 1.82) is 0 Å². The van der Waals surface area contributed by atoms with Crippen LogP contribution in [0, 0.1) is 6.92 Å². The second-order valence-electron chi connectivity index (χ2n) is 9.40. The number of aromatic nitrogens is 3. The van der Waals surface area contributed by atoms with Crippen LogP contribution in [0.1, 0.15) is 28.8 Å². The van der Waals surface area contributed by atoms with Crippen molar-refractivity contribution in [3.63, 3.8) is 0 Å². The molecule has 4 aromatic heterocycles. The topological polar surface area (TPSA) is 76.0 Å². The van der Waals surface area contributed by atoms with Gasteiger partial charge in [-0.3, -0.25) is 14.2 Å². The summed E-state index contributed by atoms with van der Waals surface area (Å²) in [5, 5.41) is 0. The van der Waals surface area contributed by atoms with E-state index in [1.807, 2.05) is 33.7 Å². The number of furan rings is 1. The Morgan fingerprint density at radius 3 is 2.75 bits per heavy atom. The normalized spacial score (nSPS) is 16.2. The minimum atomic E-state index is -0.156. The van der Waals surface area contributed by atoms with Gasteiger partial charge in [-0.25, -0.2) is 4.98 Å². The summed E-state index contributed by atoms with van der Waals surface area (Å²) < 4.78 is 9.40. The van der Waals surface area contributed by atoms with Crippen LogP contribution in [-0.2, 0) is 6.54 Å². The molecule has 1 atom stereocenters. The van der Waals surface area contributed by atoms with E-state index in [1.54, 1.807) is 29.0 Å². The van der Waals surface area contributed by atoms with Crippen molar-refractivity contribution in [2.24, 2.45) is 0 Å². The average Bonchev–Trinajstić information content (AvgIpc) is 3.56. The lowest BCUT2D eigenvalue weighted by Gasteiger charge is -2.41. The van der Waals surface area contributed by atoms with E-state index in [0.717, 1.165) is 12.1 Å². The molecule has 8 heteroatoms. The molecule has 1 saturated heterocycles. The van der Waals surface area contributed by atoms with Crippen LogP contribution in [0.5, 0.6) is 0 Å². The van der Waals surface area contributed by atoms with Crippen molar-refractivity contribution in [3.05, 3.63) is 100 Å². The predicted molar refractivity (Wildman–Crippen MR) is 139 cm³/mol. The van der Waals surface area contributed by atoms with Gasteiger partial charge in [0.1, 0.15) is 11.3 Å². The number of carbonyl (C=O) groups is 1. The maximum Gasteiger partial charge on any atom is 0.289 e. The fourth-order valence-corrected chi connectivity index (χ4v) is 5.15. The Kier molecular flexibility index (Phi) is 5.36. The second kappa shape index (κ2) is 8.71. The van der Waals surface area contributed by atoms with Gasteiger partial charge >= 0.3 is 0 Å². The molecule has 1 fully saturated rings. The number of piperazine rings is 1. The number of rotatable bonds is 4. The third kappa shape index (κ3) is 3.75. The van der Waals surface area contributed by atoms with Crippen LogP contribution in [0.3, 0.4) is 0 Å². The molecule has 0 spiro atoms. The molecular weight excluding hydrogens is 454 g/mol. The lowest BCUT2D eigenvalue weighted by molar-refractivity contribution is 0.0692. The van der Waals surface area contributed by atoms with Gasteiger partial charge in [0.15, 0.2) is 11.4 Å². The number of aryl methyl sites for hydroxylation is 1. The Labute approximate surface area is 208 Å². The van der Waals surface area contributed by atoms with Crippen molar-refractivity contribution in [3.8, 4) is 0 Å². The number of amides is 1. The number of nitrogens with zero attached hydrogens (tertiary/aromatic N) is 5. The van der Waals surface area contributed by atoms with Crippen LogP contribution >= 0.6 is 0 Å². The number of benzene rings is 1. The van der Waals surface area contributed by atoms with Crippen molar-refractivity contribution < 1.29 is 9.21 Å². The number of carbonyl (C=O) groups excluding carboxylic acids is 1. The maximum absolute atomic E-state index is 13.3. The van der Waals surface area contributed by atoms with Crippen LogP contribution < -0.4 is 10.5 Å². The van der Waals surface area contributed by atoms with Crippen LogP contribution in [0.15, 0.2) is 82.3 Å². The fourth-order valence-electron chi connectivity index (χ4n) is 5.15. The number of pyridine rings is 1. The Hall–Kier alpha value is -4.33. The minimum Gasteiger partial charge on any atom is -0.454 e. The van der Waals surface area contributed by atoms with Gasteiger partial charge in [0.05, 0.1) is 12.1 Å². The standard InChI is InChI=1S/C28H27N5O3/c1-19-6-3-7-21(16-19)31-15-14-30(17-20(31)2)28(35)25-11-10-22(36-25)18-33-26-23(8-4-12-29-26)32-13-5-9-24(32)27(33)34/h3-13,16,20H,14-15,17-18H2,1-2H3/t20-/m1/s1. The first kappa shape index (κ1) is 22.2. The van der Waals surface area contributed by atoms with Gasteiger partial charge in [-0.2, -0.15) is 0 Å². The number of hydrogen-bond donors (Lipinski definition) is 0. The lowest BCUT2D eigenvalue weighted by atomic mass is 10.1. The third-order valence-electron chi connectivity index (χ3n) is 6.93. The van der Waals surface area contributed by atoms with Crippen molar-refractivity contribution in [2.75, 3.05) is 24.5 Å². The van der Waals surface area contributed by atoms with Gasteiger partial charge in [-0.05, 0) is 67.9 Å². The molecule has 5 aromatic rings. The summed E-state index contributed by atoms with van der Waals surface area (Å²) in [6, 6.07) is 19.5. The van der Waals surface area contributed by atoms with Crippen molar-refractivity contribution in [2.45, 2.75) is 26.4 Å². The molecule has 1 aromatic carbocycles. The SMILES string of the molecule is Cc1cccc(N2CCN(C(=O)c3ccc(Cn4c(=O)c5cccn5c5cccnc54)o3)C[C@H]2C)c1. The van der Waals surface area contributed by atoms with Crippen LogP contribution in [0.2, 0.25) is 0 Å². The molecule has 182 valence electrons. The van der Waals surface area contributed by atoms with Gasteiger partial charge in [-0.15, -0.1) is 0 Å². The molecule has 1 aliphatic rings. The Morgan fingerprint density at radius 1 is 1.06 bits per heavy atom. The molecule has 0 unspecified atom stereocenters. The maximum atomic E-state index is 13.3. The summed E-state index contributed by atoms with van der Waals surface area (Å²) in [6.45, 7) is 6.41. The van der Waals surface area contributed by atoms with Gasteiger partial charge in [0, 0.05) is 43.8 Å². The van der Waals surface area contributed by atoms with E-state index in [2.05, 4.69) is 48.0 Å². The van der Waals surface area contributed by atoms with E-state index in [4.69, 9.17) is 4.42 Å². The van der Waals surface area contributed by atoms with E-state index in [0.29, 0.717) is 30.0 Å². The van der Waals surface area contributed by atoms with Crippen LogP contribution in [0.25, 0.3) is 16.7 Å². The average molecular weight is 482 g/mol. The molecule has 0 aliphatic carbocycles. The van der Waals surface area contributed by atoms with E-state index >= 15 is 0 Å². The highest BCUT2D eigenvalue weighted by molar-refractivity contribution is 5.91. The van der Waals surface area contributed by atoms with E-state index < -0.39 is 0 Å². The number of hydrogen-bond acceptors (Lipinski definition) is 5. The molecule has 8 nitrogen and oxygen atoms in total. The smallest absolute Gasteiger partial charge is 0.289 e. The van der Waals surface area contributed by atoms with Gasteiger partial charge in [0.2, 0.25) is 0 Å². The molecule has 36 heavy (non-hydrogen) atoms. The molecule has 1 aliphatic heterocycles. The van der Waals surface area contributed by atoms with Crippen molar-refractivity contribution in [1.82, 2.24) is 18.9 Å². The van der Waals surface area contributed by atoms with Crippen LogP contribution in [-0.4, -0.2) is 50.4 Å².